The summed E-state index contributed by atoms with van der Waals surface area (Å²) in [6.07, 6.45) is 1.38. The van der Waals surface area contributed by atoms with Crippen LogP contribution in [0.3, 0.4) is 0 Å². The maximum Gasteiger partial charge on any atom is 0.338 e. The average Bonchev–Trinajstić information content (AvgIpc) is 2.33. The third-order valence-electron chi connectivity index (χ3n) is 3.22. The predicted octanol–water partition coefficient (Wildman–Crippen LogP) is 3.69. The van der Waals surface area contributed by atoms with Crippen molar-refractivity contribution in [3.05, 3.63) is 27.7 Å². The fourth-order valence-corrected chi connectivity index (χ4v) is 2.72. The molecule has 2 unspecified atom stereocenters. The molecule has 20 heavy (non-hydrogen) atoms. The van der Waals surface area contributed by atoms with Gasteiger partial charge in [0.1, 0.15) is 6.10 Å². The van der Waals surface area contributed by atoms with Crippen LogP contribution < -0.4 is 5.73 Å². The zero-order chi connectivity index (χ0) is 14.9. The molecule has 1 saturated heterocycles. The van der Waals surface area contributed by atoms with Crippen LogP contribution in [0.25, 0.3) is 0 Å². The molecule has 1 fully saturated rings. The highest BCUT2D eigenvalue weighted by atomic mass is 35.5. The number of rotatable bonds is 2. The Labute approximate surface area is 128 Å². The van der Waals surface area contributed by atoms with Gasteiger partial charge in [-0.05, 0) is 26.0 Å². The van der Waals surface area contributed by atoms with E-state index in [1.807, 2.05) is 13.8 Å². The minimum absolute atomic E-state index is 0.0791. The van der Waals surface area contributed by atoms with Crippen molar-refractivity contribution < 1.29 is 14.3 Å². The molecule has 0 aromatic heterocycles. The van der Waals surface area contributed by atoms with Gasteiger partial charge >= 0.3 is 5.97 Å². The number of nitrogens with two attached hydrogens (primary N) is 1. The van der Waals surface area contributed by atoms with Gasteiger partial charge in [0, 0.05) is 12.8 Å². The first kappa shape index (κ1) is 15.4. The molecule has 0 aliphatic carbocycles. The lowest BCUT2D eigenvalue weighted by Gasteiger charge is -2.31. The van der Waals surface area contributed by atoms with Crippen molar-refractivity contribution in [2.24, 2.45) is 0 Å². The quantitative estimate of drug-likeness (QED) is 0.667. The highest BCUT2D eigenvalue weighted by Crippen LogP contribution is 2.30. The zero-order valence-electron chi connectivity index (χ0n) is 11.4. The van der Waals surface area contributed by atoms with E-state index < -0.39 is 5.97 Å². The first-order valence-corrected chi connectivity index (χ1v) is 7.23. The van der Waals surface area contributed by atoms with Gasteiger partial charge in [0.05, 0.1) is 33.5 Å². The zero-order valence-corrected chi connectivity index (χ0v) is 12.9. The Bertz CT molecular complexity index is 488. The Morgan fingerprint density at radius 2 is 1.90 bits per heavy atom. The number of halogens is 2. The summed E-state index contributed by atoms with van der Waals surface area (Å²) >= 11 is 11.8. The summed E-state index contributed by atoms with van der Waals surface area (Å²) in [4.78, 5) is 12.1. The number of esters is 1. The minimum Gasteiger partial charge on any atom is -0.459 e. The number of ether oxygens (including phenoxy) is 2. The van der Waals surface area contributed by atoms with Crippen molar-refractivity contribution >= 4 is 34.9 Å². The summed E-state index contributed by atoms with van der Waals surface area (Å²) in [6.45, 7) is 3.93. The molecule has 0 spiro atoms. The molecule has 2 atom stereocenters. The fourth-order valence-electron chi connectivity index (χ4n) is 2.39. The van der Waals surface area contributed by atoms with Crippen LogP contribution >= 0.6 is 23.2 Å². The van der Waals surface area contributed by atoms with Gasteiger partial charge in [0.2, 0.25) is 0 Å². The molecule has 2 rings (SSSR count). The molecule has 0 radical (unpaired) electrons. The van der Waals surface area contributed by atoms with Crippen molar-refractivity contribution in [3.63, 3.8) is 0 Å². The van der Waals surface area contributed by atoms with E-state index in [0.717, 1.165) is 0 Å². The summed E-state index contributed by atoms with van der Waals surface area (Å²) in [5.74, 6) is -0.443. The second-order valence-electron chi connectivity index (χ2n) is 5.12. The number of carbonyl (C=O) groups excluding carboxylic acids is 1. The van der Waals surface area contributed by atoms with Crippen LogP contribution in [0.15, 0.2) is 12.1 Å². The molecular formula is C14H17Cl2NO3. The number of benzene rings is 1. The SMILES string of the molecule is CC1CC(OC(=O)c2cc(N)c(Cl)c(Cl)c2)CC(C)O1. The van der Waals surface area contributed by atoms with Gasteiger partial charge in [-0.25, -0.2) is 4.79 Å². The second kappa shape index (κ2) is 6.20. The van der Waals surface area contributed by atoms with Crippen LogP contribution in [-0.4, -0.2) is 24.3 Å². The molecule has 1 aliphatic heterocycles. The van der Waals surface area contributed by atoms with Crippen molar-refractivity contribution in [3.8, 4) is 0 Å². The molecule has 1 heterocycles. The van der Waals surface area contributed by atoms with E-state index in [0.29, 0.717) is 18.4 Å². The van der Waals surface area contributed by atoms with E-state index in [9.17, 15) is 4.79 Å². The van der Waals surface area contributed by atoms with E-state index in [2.05, 4.69) is 0 Å². The van der Waals surface area contributed by atoms with Crippen molar-refractivity contribution in [2.75, 3.05) is 5.73 Å². The van der Waals surface area contributed by atoms with E-state index >= 15 is 0 Å². The lowest BCUT2D eigenvalue weighted by molar-refractivity contribution is -0.0855. The number of carbonyl (C=O) groups is 1. The third kappa shape index (κ3) is 3.57. The van der Waals surface area contributed by atoms with Gasteiger partial charge < -0.3 is 15.2 Å². The molecule has 110 valence electrons. The van der Waals surface area contributed by atoms with Gasteiger partial charge in [0.25, 0.3) is 0 Å². The van der Waals surface area contributed by atoms with E-state index in [1.54, 1.807) is 0 Å². The molecule has 6 heteroatoms. The normalized spacial score (nSPS) is 26.3. The fraction of sp³-hybridized carbons (Fsp3) is 0.500. The van der Waals surface area contributed by atoms with Crippen molar-refractivity contribution in [2.45, 2.75) is 45.0 Å². The predicted molar refractivity (Wildman–Crippen MR) is 79.3 cm³/mol. The maximum atomic E-state index is 12.1. The molecule has 1 aromatic carbocycles. The second-order valence-corrected chi connectivity index (χ2v) is 5.90. The van der Waals surface area contributed by atoms with Crippen LogP contribution in [-0.2, 0) is 9.47 Å². The molecular weight excluding hydrogens is 301 g/mol. The summed E-state index contributed by atoms with van der Waals surface area (Å²) in [5, 5.41) is 0.490. The summed E-state index contributed by atoms with van der Waals surface area (Å²) in [5.41, 5.74) is 6.27. The van der Waals surface area contributed by atoms with Crippen LogP contribution in [0.5, 0.6) is 0 Å². The first-order valence-electron chi connectivity index (χ1n) is 6.47. The number of hydrogen-bond donors (Lipinski definition) is 1. The third-order valence-corrected chi connectivity index (χ3v) is 4.04. The van der Waals surface area contributed by atoms with Crippen LogP contribution in [0.2, 0.25) is 10.0 Å². The highest BCUT2D eigenvalue weighted by Gasteiger charge is 2.27. The Morgan fingerprint density at radius 1 is 1.30 bits per heavy atom. The molecule has 1 aromatic rings. The molecule has 4 nitrogen and oxygen atoms in total. The number of anilines is 1. The smallest absolute Gasteiger partial charge is 0.338 e. The van der Waals surface area contributed by atoms with Gasteiger partial charge in [-0.15, -0.1) is 0 Å². The van der Waals surface area contributed by atoms with E-state index in [4.69, 9.17) is 38.4 Å². The van der Waals surface area contributed by atoms with Gasteiger partial charge in [-0.2, -0.15) is 0 Å². The lowest BCUT2D eigenvalue weighted by atomic mass is 10.0. The van der Waals surface area contributed by atoms with E-state index in [-0.39, 0.29) is 34.0 Å². The molecule has 0 saturated carbocycles. The van der Waals surface area contributed by atoms with Crippen LogP contribution in [0.4, 0.5) is 5.69 Å². The average molecular weight is 318 g/mol. The molecule has 0 amide bonds. The van der Waals surface area contributed by atoms with Crippen LogP contribution in [0.1, 0.15) is 37.0 Å². The summed E-state index contributed by atoms with van der Waals surface area (Å²) in [6, 6.07) is 2.94. The monoisotopic (exact) mass is 317 g/mol. The Hall–Kier alpha value is -0.970. The summed E-state index contributed by atoms with van der Waals surface area (Å²) in [7, 11) is 0. The molecule has 0 bridgehead atoms. The van der Waals surface area contributed by atoms with Crippen molar-refractivity contribution in [1.82, 2.24) is 0 Å². The number of hydrogen-bond acceptors (Lipinski definition) is 4. The topological polar surface area (TPSA) is 61.5 Å². The largest absolute Gasteiger partial charge is 0.459 e. The van der Waals surface area contributed by atoms with Gasteiger partial charge in [-0.3, -0.25) is 0 Å². The Balaban J connectivity index is 2.08. The maximum absolute atomic E-state index is 12.1. The Kier molecular flexibility index (Phi) is 4.78. The van der Waals surface area contributed by atoms with Gasteiger partial charge in [-0.1, -0.05) is 23.2 Å². The van der Waals surface area contributed by atoms with E-state index in [1.165, 1.54) is 12.1 Å². The molecule has 1 aliphatic rings. The van der Waals surface area contributed by atoms with Gasteiger partial charge in [0.15, 0.2) is 0 Å². The highest BCUT2D eigenvalue weighted by molar-refractivity contribution is 6.43. The minimum atomic E-state index is -0.443. The number of nitrogen functional groups attached to an aromatic ring is 1. The summed E-state index contributed by atoms with van der Waals surface area (Å²) < 4.78 is 11.1. The lowest BCUT2D eigenvalue weighted by Crippen LogP contribution is -2.35. The standard InChI is InChI=1S/C14H17Cl2NO3/c1-7-3-10(4-8(2)19-7)20-14(18)9-5-11(15)13(16)12(17)6-9/h5-8,10H,3-4,17H2,1-2H3. The Morgan fingerprint density at radius 3 is 2.45 bits per heavy atom. The van der Waals surface area contributed by atoms with Crippen LogP contribution in [0, 0.1) is 0 Å². The van der Waals surface area contributed by atoms with Crippen molar-refractivity contribution in [1.29, 1.82) is 0 Å². The first-order chi connectivity index (χ1) is 9.36. The molecule has 2 N–H and O–H groups in total.